The topological polar surface area (TPSA) is 156 Å². The number of anilines is 1. The summed E-state index contributed by atoms with van der Waals surface area (Å²) >= 11 is 0. The lowest BCUT2D eigenvalue weighted by molar-refractivity contribution is -0.387. The average Bonchev–Trinajstić information content (AvgIpc) is 3.16. The number of rotatable bonds is 10. The van der Waals surface area contributed by atoms with E-state index in [9.17, 15) is 32.9 Å². The first-order chi connectivity index (χ1) is 17.6. The predicted molar refractivity (Wildman–Crippen MR) is 141 cm³/mol. The quantitative estimate of drug-likeness (QED) is 0.262. The molecule has 0 saturated carbocycles. The maximum Gasteiger partial charge on any atom is 0.290 e. The molecule has 12 heteroatoms. The van der Waals surface area contributed by atoms with E-state index < -0.39 is 42.5 Å². The number of nitro benzene ring substituents is 1. The summed E-state index contributed by atoms with van der Waals surface area (Å²) in [5.41, 5.74) is -1.41. The van der Waals surface area contributed by atoms with Crippen LogP contribution >= 0.6 is 0 Å². The van der Waals surface area contributed by atoms with Crippen molar-refractivity contribution in [3.05, 3.63) is 63.7 Å². The molecule has 1 aliphatic rings. The minimum Gasteiger partial charge on any atom is -0.347 e. The molecule has 0 unspecified atom stereocenters. The lowest BCUT2D eigenvalue weighted by atomic mass is 9.85. The van der Waals surface area contributed by atoms with E-state index in [1.807, 2.05) is 6.92 Å². The largest absolute Gasteiger partial charge is 0.347 e. The number of hydrogen-bond acceptors (Lipinski definition) is 7. The van der Waals surface area contributed by atoms with E-state index in [0.717, 1.165) is 24.1 Å². The molecule has 0 aliphatic carbocycles. The zero-order chi connectivity index (χ0) is 28.5. The molecule has 2 N–H and O–H groups in total. The second-order valence-electron chi connectivity index (χ2n) is 10.5. The molecule has 3 amide bonds. The molecule has 1 heterocycles. The predicted octanol–water partition coefficient (Wildman–Crippen LogP) is 3.78. The van der Waals surface area contributed by atoms with Crippen LogP contribution in [0.2, 0.25) is 0 Å². The molecule has 0 atom stereocenters. The molecular formula is C26H32N4O7S. The molecule has 0 bridgehead atoms. The number of nitrogens with one attached hydrogen (secondary N) is 2. The minimum atomic E-state index is -4.32. The smallest absolute Gasteiger partial charge is 0.290 e. The van der Waals surface area contributed by atoms with Crippen LogP contribution < -0.4 is 10.0 Å². The van der Waals surface area contributed by atoms with Crippen LogP contribution in [0.3, 0.4) is 0 Å². The summed E-state index contributed by atoms with van der Waals surface area (Å²) in [6, 6.07) is 9.77. The summed E-state index contributed by atoms with van der Waals surface area (Å²) in [6.45, 7) is 8.83. The van der Waals surface area contributed by atoms with Crippen LogP contribution in [0.5, 0.6) is 0 Å². The van der Waals surface area contributed by atoms with Crippen molar-refractivity contribution in [1.82, 2.24) is 10.2 Å². The first-order valence-corrected chi connectivity index (χ1v) is 13.6. The Morgan fingerprint density at radius 3 is 2.13 bits per heavy atom. The second kappa shape index (κ2) is 10.5. The van der Waals surface area contributed by atoms with Crippen LogP contribution in [0.25, 0.3) is 0 Å². The standard InChI is InChI=1S/C26H32N4O7S/c1-6-17-7-10-19(11-8-17)28-38(36,37)21-12-9-18(15-20(21)30(34)35)24(33)27-25(2,3)16-26(4,5)29-22(31)13-14-23(29)32/h7-12,15,28H,6,13-14,16H2,1-5H3,(H,27,33). The molecule has 0 spiro atoms. The van der Waals surface area contributed by atoms with Crippen molar-refractivity contribution in [1.29, 1.82) is 0 Å². The van der Waals surface area contributed by atoms with Crippen molar-refractivity contribution in [3.8, 4) is 0 Å². The molecule has 0 aromatic heterocycles. The molecular weight excluding hydrogens is 512 g/mol. The third-order valence-corrected chi connectivity index (χ3v) is 7.73. The molecule has 1 fully saturated rings. The zero-order valence-electron chi connectivity index (χ0n) is 22.0. The number of aryl methyl sites for hydroxylation is 1. The monoisotopic (exact) mass is 544 g/mol. The van der Waals surface area contributed by atoms with Gasteiger partial charge in [-0.05, 0) is 70.4 Å². The summed E-state index contributed by atoms with van der Waals surface area (Å²) < 4.78 is 28.2. The fourth-order valence-corrected chi connectivity index (χ4v) is 6.10. The van der Waals surface area contributed by atoms with Gasteiger partial charge in [-0.2, -0.15) is 0 Å². The Kier molecular flexibility index (Phi) is 7.96. The summed E-state index contributed by atoms with van der Waals surface area (Å²) in [7, 11) is -4.32. The van der Waals surface area contributed by atoms with E-state index in [1.54, 1.807) is 52.0 Å². The number of sulfonamides is 1. The van der Waals surface area contributed by atoms with Gasteiger partial charge < -0.3 is 5.32 Å². The molecule has 2 aromatic rings. The van der Waals surface area contributed by atoms with Crippen molar-refractivity contribution in [2.75, 3.05) is 4.72 Å². The van der Waals surface area contributed by atoms with Crippen LogP contribution in [0.1, 0.15) is 69.8 Å². The molecule has 3 rings (SSSR count). The number of carbonyl (C=O) groups is 3. The second-order valence-corrected chi connectivity index (χ2v) is 12.2. The number of hydrogen-bond donors (Lipinski definition) is 2. The van der Waals surface area contributed by atoms with Gasteiger partial charge in [-0.15, -0.1) is 0 Å². The van der Waals surface area contributed by atoms with E-state index in [1.165, 1.54) is 11.0 Å². The van der Waals surface area contributed by atoms with Crippen molar-refractivity contribution in [2.45, 2.75) is 76.3 Å². The van der Waals surface area contributed by atoms with Crippen molar-refractivity contribution >= 4 is 39.1 Å². The molecule has 38 heavy (non-hydrogen) atoms. The Morgan fingerprint density at radius 1 is 1.03 bits per heavy atom. The number of imide groups is 1. The summed E-state index contributed by atoms with van der Waals surface area (Å²) in [6.07, 6.45) is 1.28. The zero-order valence-corrected chi connectivity index (χ0v) is 22.8. The van der Waals surface area contributed by atoms with E-state index in [2.05, 4.69) is 10.0 Å². The summed E-state index contributed by atoms with van der Waals surface area (Å²) in [5.74, 6) is -1.21. The highest BCUT2D eigenvalue weighted by Gasteiger charge is 2.43. The number of amides is 3. The first-order valence-electron chi connectivity index (χ1n) is 12.1. The number of carbonyl (C=O) groups excluding carboxylic acids is 3. The average molecular weight is 545 g/mol. The van der Waals surface area contributed by atoms with Crippen LogP contribution in [-0.4, -0.2) is 47.0 Å². The first kappa shape index (κ1) is 28.8. The fourth-order valence-electron chi connectivity index (χ4n) is 4.88. The van der Waals surface area contributed by atoms with E-state index in [0.29, 0.717) is 0 Å². The number of nitro groups is 1. The number of nitrogens with zero attached hydrogens (tertiary/aromatic N) is 2. The SMILES string of the molecule is CCc1ccc(NS(=O)(=O)c2ccc(C(=O)NC(C)(C)CC(C)(C)N3C(=O)CCC3=O)cc2[N+](=O)[O-])cc1. The highest BCUT2D eigenvalue weighted by Crippen LogP contribution is 2.32. The van der Waals surface area contributed by atoms with Gasteiger partial charge in [0.05, 0.1) is 4.92 Å². The van der Waals surface area contributed by atoms with Gasteiger partial charge in [-0.25, -0.2) is 8.42 Å². The third-order valence-electron chi connectivity index (χ3n) is 6.31. The summed E-state index contributed by atoms with van der Waals surface area (Å²) in [5, 5.41) is 14.6. The fraction of sp³-hybridized carbons (Fsp3) is 0.423. The van der Waals surface area contributed by atoms with Gasteiger partial charge in [0.15, 0.2) is 4.90 Å². The van der Waals surface area contributed by atoms with Gasteiger partial charge in [0.25, 0.3) is 21.6 Å². The van der Waals surface area contributed by atoms with Gasteiger partial charge in [-0.1, -0.05) is 19.1 Å². The molecule has 2 aromatic carbocycles. The van der Waals surface area contributed by atoms with Gasteiger partial charge in [-0.3, -0.25) is 34.1 Å². The molecule has 11 nitrogen and oxygen atoms in total. The van der Waals surface area contributed by atoms with Gasteiger partial charge >= 0.3 is 0 Å². The van der Waals surface area contributed by atoms with Gasteiger partial charge in [0.2, 0.25) is 11.8 Å². The number of likely N-dealkylation sites (tertiary alicyclic amines) is 1. The Bertz CT molecular complexity index is 1370. The molecule has 0 radical (unpaired) electrons. The lowest BCUT2D eigenvalue weighted by Crippen LogP contribution is -2.55. The molecule has 1 aliphatic heterocycles. The Morgan fingerprint density at radius 2 is 1.61 bits per heavy atom. The number of benzene rings is 2. The van der Waals surface area contributed by atoms with E-state index in [4.69, 9.17) is 0 Å². The lowest BCUT2D eigenvalue weighted by Gasteiger charge is -2.40. The highest BCUT2D eigenvalue weighted by molar-refractivity contribution is 7.92. The van der Waals surface area contributed by atoms with Gasteiger partial charge in [0.1, 0.15) is 0 Å². The van der Waals surface area contributed by atoms with Crippen molar-refractivity contribution < 1.29 is 27.7 Å². The maximum absolute atomic E-state index is 13.0. The third kappa shape index (κ3) is 6.36. The van der Waals surface area contributed by atoms with E-state index in [-0.39, 0.29) is 42.3 Å². The Balaban J connectivity index is 1.82. The van der Waals surface area contributed by atoms with Gasteiger partial charge in [0, 0.05) is 41.2 Å². The van der Waals surface area contributed by atoms with Crippen molar-refractivity contribution in [2.24, 2.45) is 0 Å². The van der Waals surface area contributed by atoms with Crippen LogP contribution in [0.15, 0.2) is 47.4 Å². The minimum absolute atomic E-state index is 0.109. The Labute approximate surface area is 221 Å². The maximum atomic E-state index is 13.0. The normalized spacial score (nSPS) is 14.5. The van der Waals surface area contributed by atoms with Crippen LogP contribution in [0, 0.1) is 10.1 Å². The van der Waals surface area contributed by atoms with Crippen molar-refractivity contribution in [3.63, 3.8) is 0 Å². The highest BCUT2D eigenvalue weighted by atomic mass is 32.2. The van der Waals surface area contributed by atoms with E-state index >= 15 is 0 Å². The van der Waals surface area contributed by atoms with Crippen LogP contribution in [0.4, 0.5) is 11.4 Å². The summed E-state index contributed by atoms with van der Waals surface area (Å²) in [4.78, 5) is 49.0. The molecule has 1 saturated heterocycles. The van der Waals surface area contributed by atoms with Crippen LogP contribution in [-0.2, 0) is 26.0 Å². The molecule has 204 valence electrons. The Hall–Kier alpha value is -3.80.